The van der Waals surface area contributed by atoms with Gasteiger partial charge in [-0.05, 0) is 18.6 Å². The lowest BCUT2D eigenvalue weighted by Gasteiger charge is -2.06. The van der Waals surface area contributed by atoms with Crippen molar-refractivity contribution in [3.8, 4) is 11.8 Å². The fourth-order valence-corrected chi connectivity index (χ4v) is 2.89. The Kier molecular flexibility index (Phi) is 5.40. The van der Waals surface area contributed by atoms with E-state index < -0.39 is 0 Å². The molecular weight excluding hydrogens is 292 g/mol. The second-order valence-electron chi connectivity index (χ2n) is 4.27. The molecule has 1 heterocycles. The molecule has 1 aromatic carbocycles. The maximum Gasteiger partial charge on any atom is 0.137 e. The van der Waals surface area contributed by atoms with E-state index in [9.17, 15) is 0 Å². The summed E-state index contributed by atoms with van der Waals surface area (Å²) in [5.41, 5.74) is 0.910. The number of aromatic nitrogens is 1. The number of nitrogens with zero attached hydrogens (tertiary/aromatic N) is 2. The maximum absolute atomic E-state index is 9.07. The molecule has 0 unspecified atom stereocenters. The van der Waals surface area contributed by atoms with E-state index in [1.807, 2.05) is 18.2 Å². The van der Waals surface area contributed by atoms with Crippen molar-refractivity contribution in [2.75, 3.05) is 6.61 Å². The number of benzene rings is 1. The Labute approximate surface area is 127 Å². The van der Waals surface area contributed by atoms with Gasteiger partial charge in [0.15, 0.2) is 0 Å². The van der Waals surface area contributed by atoms with Crippen molar-refractivity contribution in [1.29, 1.82) is 5.26 Å². The number of ether oxygens (including phenoxy) is 1. The van der Waals surface area contributed by atoms with Crippen LogP contribution in [0.3, 0.4) is 0 Å². The molecule has 0 saturated carbocycles. The van der Waals surface area contributed by atoms with Gasteiger partial charge in [0.25, 0.3) is 0 Å². The van der Waals surface area contributed by atoms with Crippen molar-refractivity contribution in [2.24, 2.45) is 0 Å². The van der Waals surface area contributed by atoms with E-state index in [1.54, 1.807) is 6.07 Å². The van der Waals surface area contributed by atoms with Gasteiger partial charge in [0.2, 0.25) is 0 Å². The summed E-state index contributed by atoms with van der Waals surface area (Å²) in [5.74, 6) is 0.681. The molecule has 0 saturated heterocycles. The highest BCUT2D eigenvalue weighted by molar-refractivity contribution is 7.12. The number of hydrogen-bond donors (Lipinski definition) is 0. The van der Waals surface area contributed by atoms with E-state index in [0.717, 1.165) is 28.4 Å². The monoisotopic (exact) mass is 306 g/mol. The number of thiazole rings is 1. The number of para-hydroxylation sites is 1. The summed E-state index contributed by atoms with van der Waals surface area (Å²) in [6, 6.07) is 9.61. The van der Waals surface area contributed by atoms with Gasteiger partial charge in [0, 0.05) is 6.42 Å². The maximum atomic E-state index is 9.07. The van der Waals surface area contributed by atoms with Gasteiger partial charge >= 0.3 is 0 Å². The molecule has 0 aliphatic heterocycles. The minimum absolute atomic E-state index is 0.508. The van der Waals surface area contributed by atoms with Gasteiger partial charge in [-0.3, -0.25) is 0 Å². The van der Waals surface area contributed by atoms with Crippen LogP contribution in [0.25, 0.3) is 0 Å². The van der Waals surface area contributed by atoms with Crippen LogP contribution in [-0.4, -0.2) is 11.6 Å². The minimum Gasteiger partial charge on any atom is -0.492 e. The molecule has 5 heteroatoms. The molecule has 0 amide bonds. The molecule has 0 fully saturated rings. The molecule has 0 spiro atoms. The second-order valence-corrected chi connectivity index (χ2v) is 5.76. The van der Waals surface area contributed by atoms with E-state index in [1.165, 1.54) is 11.3 Å². The molecule has 0 bridgehead atoms. The Hall–Kier alpha value is -1.57. The number of halogens is 1. The molecule has 20 heavy (non-hydrogen) atoms. The predicted molar refractivity (Wildman–Crippen MR) is 81.5 cm³/mol. The van der Waals surface area contributed by atoms with Crippen molar-refractivity contribution in [3.05, 3.63) is 44.9 Å². The van der Waals surface area contributed by atoms with Crippen molar-refractivity contribution in [1.82, 2.24) is 4.98 Å². The lowest BCUT2D eigenvalue weighted by atomic mass is 10.2. The third-order valence-electron chi connectivity index (χ3n) is 2.74. The largest absolute Gasteiger partial charge is 0.492 e. The lowest BCUT2D eigenvalue weighted by Crippen LogP contribution is -2.01. The normalized spacial score (nSPS) is 10.2. The Bertz CT molecular complexity index is 619. The van der Waals surface area contributed by atoms with E-state index in [0.29, 0.717) is 23.8 Å². The molecule has 104 valence electrons. The van der Waals surface area contributed by atoms with E-state index in [-0.39, 0.29) is 0 Å². The summed E-state index contributed by atoms with van der Waals surface area (Å²) >= 11 is 7.47. The fourth-order valence-electron chi connectivity index (χ4n) is 1.81. The highest BCUT2D eigenvalue weighted by Crippen LogP contribution is 2.24. The van der Waals surface area contributed by atoms with Crippen LogP contribution in [-0.2, 0) is 12.8 Å². The average Bonchev–Trinajstić information content (AvgIpc) is 2.84. The van der Waals surface area contributed by atoms with E-state index in [4.69, 9.17) is 21.6 Å². The van der Waals surface area contributed by atoms with Crippen LogP contribution in [0.1, 0.15) is 28.9 Å². The summed E-state index contributed by atoms with van der Waals surface area (Å²) in [4.78, 5) is 5.23. The minimum atomic E-state index is 0.508. The second kappa shape index (κ2) is 7.28. The van der Waals surface area contributed by atoms with Crippen LogP contribution in [0.5, 0.6) is 5.75 Å². The highest BCUT2D eigenvalue weighted by Gasteiger charge is 2.10. The topological polar surface area (TPSA) is 45.9 Å². The molecule has 0 atom stereocenters. The predicted octanol–water partition coefficient (Wildman–Crippen LogP) is 4.24. The molecule has 0 N–H and O–H groups in total. The number of hydrogen-bond acceptors (Lipinski definition) is 4. The summed E-state index contributed by atoms with van der Waals surface area (Å²) in [7, 11) is 0. The summed E-state index contributed by atoms with van der Waals surface area (Å²) < 4.78 is 5.64. The molecule has 0 radical (unpaired) electrons. The zero-order valence-electron chi connectivity index (χ0n) is 11.2. The standard InChI is InChI=1S/C15H15ClN2OS/c1-2-5-12-14(10-17)20-15(18-12)8-9-19-13-7-4-3-6-11(13)16/h3-4,6-7H,2,5,8-9H2,1H3. The quantitative estimate of drug-likeness (QED) is 0.801. The molecule has 2 aromatic rings. The van der Waals surface area contributed by atoms with Crippen molar-refractivity contribution in [2.45, 2.75) is 26.2 Å². The van der Waals surface area contributed by atoms with Crippen molar-refractivity contribution < 1.29 is 4.74 Å². The Morgan fingerprint density at radius 1 is 1.35 bits per heavy atom. The SMILES string of the molecule is CCCc1nc(CCOc2ccccc2Cl)sc1C#N. The first-order chi connectivity index (χ1) is 9.74. The Morgan fingerprint density at radius 2 is 2.15 bits per heavy atom. The van der Waals surface area contributed by atoms with Crippen molar-refractivity contribution in [3.63, 3.8) is 0 Å². The molecule has 3 nitrogen and oxygen atoms in total. The Morgan fingerprint density at radius 3 is 2.85 bits per heavy atom. The number of aryl methyl sites for hydroxylation is 1. The van der Waals surface area contributed by atoms with Crippen molar-refractivity contribution >= 4 is 22.9 Å². The molecular formula is C15H15ClN2OS. The lowest BCUT2D eigenvalue weighted by molar-refractivity contribution is 0.322. The summed E-state index contributed by atoms with van der Waals surface area (Å²) in [5, 5.41) is 10.6. The smallest absolute Gasteiger partial charge is 0.137 e. The third kappa shape index (κ3) is 3.72. The van der Waals surface area contributed by atoms with E-state index >= 15 is 0 Å². The zero-order chi connectivity index (χ0) is 14.4. The first-order valence-corrected chi connectivity index (χ1v) is 7.70. The summed E-state index contributed by atoms with van der Waals surface area (Å²) in [6.45, 7) is 2.59. The van der Waals surface area contributed by atoms with Gasteiger partial charge in [-0.15, -0.1) is 11.3 Å². The molecule has 1 aromatic heterocycles. The first kappa shape index (κ1) is 14.8. The highest BCUT2D eigenvalue weighted by atomic mass is 35.5. The van der Waals surface area contributed by atoms with E-state index in [2.05, 4.69) is 18.0 Å². The van der Waals surface area contributed by atoms with Gasteiger partial charge in [-0.25, -0.2) is 4.98 Å². The fraction of sp³-hybridized carbons (Fsp3) is 0.333. The first-order valence-electron chi connectivity index (χ1n) is 6.50. The van der Waals surface area contributed by atoms with Crippen LogP contribution in [0.4, 0.5) is 0 Å². The van der Waals surface area contributed by atoms with Gasteiger partial charge in [-0.2, -0.15) is 5.26 Å². The number of nitriles is 1. The molecule has 0 aliphatic rings. The Balaban J connectivity index is 1.95. The van der Waals surface area contributed by atoms with Gasteiger partial charge in [0.05, 0.1) is 22.3 Å². The number of rotatable bonds is 6. The van der Waals surface area contributed by atoms with Gasteiger partial charge in [0.1, 0.15) is 16.7 Å². The van der Waals surface area contributed by atoms with Gasteiger partial charge in [-0.1, -0.05) is 37.1 Å². The molecule has 0 aliphatic carbocycles. The van der Waals surface area contributed by atoms with Crippen LogP contribution >= 0.6 is 22.9 Å². The van der Waals surface area contributed by atoms with Crippen LogP contribution in [0.15, 0.2) is 24.3 Å². The van der Waals surface area contributed by atoms with Crippen LogP contribution in [0.2, 0.25) is 5.02 Å². The van der Waals surface area contributed by atoms with Crippen LogP contribution in [0, 0.1) is 11.3 Å². The van der Waals surface area contributed by atoms with Crippen LogP contribution < -0.4 is 4.74 Å². The average molecular weight is 307 g/mol. The third-order valence-corrected chi connectivity index (χ3v) is 4.11. The van der Waals surface area contributed by atoms with Gasteiger partial charge < -0.3 is 4.74 Å². The zero-order valence-corrected chi connectivity index (χ0v) is 12.8. The summed E-state index contributed by atoms with van der Waals surface area (Å²) in [6.07, 6.45) is 2.53. The molecule has 2 rings (SSSR count).